The van der Waals surface area contributed by atoms with Crippen LogP contribution in [0.5, 0.6) is 5.75 Å². The minimum atomic E-state index is -0.740. The predicted octanol–water partition coefficient (Wildman–Crippen LogP) is 3.56. The second-order valence-electron chi connectivity index (χ2n) is 8.52. The summed E-state index contributed by atoms with van der Waals surface area (Å²) in [4.78, 5) is 38.6. The molecule has 1 N–H and O–H groups in total. The van der Waals surface area contributed by atoms with Gasteiger partial charge in [0.25, 0.3) is 5.91 Å². The number of anilines is 2. The molecular weight excluding hydrogens is 458 g/mol. The van der Waals surface area contributed by atoms with Crippen LogP contribution in [0.25, 0.3) is 11.0 Å². The summed E-state index contributed by atoms with van der Waals surface area (Å²) in [6.07, 6.45) is 1.42. The third-order valence-corrected chi connectivity index (χ3v) is 6.11. The van der Waals surface area contributed by atoms with Crippen molar-refractivity contribution < 1.29 is 13.9 Å². The van der Waals surface area contributed by atoms with Crippen molar-refractivity contribution in [1.29, 1.82) is 0 Å². The van der Waals surface area contributed by atoms with E-state index in [1.807, 2.05) is 13.0 Å². The van der Waals surface area contributed by atoms with Gasteiger partial charge < -0.3 is 19.4 Å². The Morgan fingerprint density at radius 2 is 1.83 bits per heavy atom. The zero-order valence-corrected chi connectivity index (χ0v) is 20.0. The topological polar surface area (TPSA) is 101 Å². The number of hydrogen-bond donors (Lipinski definition) is 1. The third-order valence-electron chi connectivity index (χ3n) is 6.11. The summed E-state index contributed by atoms with van der Waals surface area (Å²) in [7, 11) is 0. The maximum atomic E-state index is 12.9. The lowest BCUT2D eigenvalue weighted by atomic mass is 10.1. The zero-order valence-electron chi connectivity index (χ0n) is 20.0. The number of ether oxygens (including phenoxy) is 1. The van der Waals surface area contributed by atoms with Crippen LogP contribution in [0.1, 0.15) is 22.8 Å². The number of piperazine rings is 1. The number of aromatic nitrogens is 2. The Hall–Kier alpha value is -4.24. The van der Waals surface area contributed by atoms with Gasteiger partial charge in [-0.05, 0) is 24.6 Å². The summed E-state index contributed by atoms with van der Waals surface area (Å²) >= 11 is 0. The molecule has 0 bridgehead atoms. The zero-order chi connectivity index (χ0) is 24.9. The summed E-state index contributed by atoms with van der Waals surface area (Å²) in [5.74, 6) is 0.916. The fourth-order valence-electron chi connectivity index (χ4n) is 4.29. The summed E-state index contributed by atoms with van der Waals surface area (Å²) < 4.78 is 10.9. The molecule has 1 aliphatic rings. The summed E-state index contributed by atoms with van der Waals surface area (Å²) in [5, 5.41) is 3.31. The van der Waals surface area contributed by atoms with E-state index >= 15 is 0 Å². The normalized spacial score (nSPS) is 14.1. The van der Waals surface area contributed by atoms with Gasteiger partial charge in [-0.15, -0.1) is 0 Å². The molecule has 36 heavy (non-hydrogen) atoms. The van der Waals surface area contributed by atoms with E-state index in [0.717, 1.165) is 38.5 Å². The van der Waals surface area contributed by atoms with Gasteiger partial charge in [-0.25, -0.2) is 14.8 Å². The van der Waals surface area contributed by atoms with E-state index in [-0.39, 0.29) is 5.56 Å². The molecule has 184 valence electrons. The van der Waals surface area contributed by atoms with Crippen LogP contribution in [-0.4, -0.2) is 53.6 Å². The molecule has 2 aromatic heterocycles. The Morgan fingerprint density at radius 1 is 1.03 bits per heavy atom. The van der Waals surface area contributed by atoms with Crippen LogP contribution >= 0.6 is 0 Å². The number of carbonyl (C=O) groups is 1. The molecule has 0 atom stereocenters. The number of nitrogens with one attached hydrogen (secondary N) is 1. The van der Waals surface area contributed by atoms with E-state index in [0.29, 0.717) is 29.1 Å². The van der Waals surface area contributed by atoms with E-state index in [1.54, 1.807) is 24.3 Å². The Balaban J connectivity index is 1.26. The number of fused-ring (bicyclic) bond motifs is 1. The Morgan fingerprint density at radius 3 is 2.61 bits per heavy atom. The summed E-state index contributed by atoms with van der Waals surface area (Å²) in [5.41, 5.74) is 0.767. The summed E-state index contributed by atoms with van der Waals surface area (Å²) in [6.45, 7) is 6.63. The van der Waals surface area contributed by atoms with Crippen LogP contribution in [0.2, 0.25) is 0 Å². The monoisotopic (exact) mass is 485 g/mol. The summed E-state index contributed by atoms with van der Waals surface area (Å²) in [6, 6.07) is 18.9. The van der Waals surface area contributed by atoms with Crippen LogP contribution < -0.4 is 20.6 Å². The highest BCUT2D eigenvalue weighted by Crippen LogP contribution is 2.25. The van der Waals surface area contributed by atoms with Crippen molar-refractivity contribution in [2.75, 3.05) is 43.0 Å². The molecule has 0 unspecified atom stereocenters. The molecule has 0 aliphatic carbocycles. The average molecular weight is 486 g/mol. The van der Waals surface area contributed by atoms with Crippen molar-refractivity contribution in [3.05, 3.63) is 88.5 Å². The quantitative estimate of drug-likeness (QED) is 0.397. The second-order valence-corrected chi connectivity index (χ2v) is 8.52. The fourth-order valence-corrected chi connectivity index (χ4v) is 4.29. The number of nitrogens with zero attached hydrogens (tertiary/aromatic N) is 4. The van der Waals surface area contributed by atoms with Crippen LogP contribution in [0.15, 0.2) is 76.2 Å². The molecule has 2 aromatic carbocycles. The highest BCUT2D eigenvalue weighted by molar-refractivity contribution is 6.05. The van der Waals surface area contributed by atoms with Crippen molar-refractivity contribution in [2.45, 2.75) is 13.5 Å². The first kappa shape index (κ1) is 23.5. The second kappa shape index (κ2) is 10.6. The highest BCUT2D eigenvalue weighted by atomic mass is 16.5. The molecule has 0 saturated carbocycles. The lowest BCUT2D eigenvalue weighted by Crippen LogP contribution is -2.46. The molecule has 1 saturated heterocycles. The average Bonchev–Trinajstić information content (AvgIpc) is 2.90. The van der Waals surface area contributed by atoms with Gasteiger partial charge in [-0.3, -0.25) is 9.69 Å². The van der Waals surface area contributed by atoms with Crippen molar-refractivity contribution in [3.8, 4) is 5.75 Å². The van der Waals surface area contributed by atoms with Crippen LogP contribution in [-0.2, 0) is 6.54 Å². The van der Waals surface area contributed by atoms with Crippen LogP contribution in [0, 0.1) is 0 Å². The molecule has 1 amide bonds. The van der Waals surface area contributed by atoms with E-state index < -0.39 is 11.5 Å². The SMILES string of the molecule is CCOc1cccc2cc(C(=O)Nc3cc(N4CCN(Cc5ccccc5)CC4)ncn3)c(=O)oc12. The highest BCUT2D eigenvalue weighted by Gasteiger charge is 2.20. The third kappa shape index (κ3) is 5.21. The van der Waals surface area contributed by atoms with Gasteiger partial charge in [0.05, 0.1) is 6.61 Å². The maximum Gasteiger partial charge on any atom is 0.349 e. The van der Waals surface area contributed by atoms with Gasteiger partial charge in [0, 0.05) is 44.2 Å². The largest absolute Gasteiger partial charge is 0.490 e. The van der Waals surface area contributed by atoms with Gasteiger partial charge in [0.15, 0.2) is 11.3 Å². The Bertz CT molecular complexity index is 1410. The minimum Gasteiger partial charge on any atom is -0.490 e. The lowest BCUT2D eigenvalue weighted by Gasteiger charge is -2.35. The number of carbonyl (C=O) groups excluding carboxylic acids is 1. The maximum absolute atomic E-state index is 12.9. The first-order valence-corrected chi connectivity index (χ1v) is 11.9. The molecule has 9 nitrogen and oxygen atoms in total. The predicted molar refractivity (Wildman–Crippen MR) is 138 cm³/mol. The molecule has 1 aliphatic heterocycles. The molecular formula is C27H27N5O4. The number of amides is 1. The van der Waals surface area contributed by atoms with Crippen molar-refractivity contribution in [1.82, 2.24) is 14.9 Å². The Kier molecular flexibility index (Phi) is 6.90. The smallest absolute Gasteiger partial charge is 0.349 e. The number of benzene rings is 2. The molecule has 1 fully saturated rings. The van der Waals surface area contributed by atoms with Gasteiger partial charge in [0.1, 0.15) is 23.5 Å². The minimum absolute atomic E-state index is 0.106. The van der Waals surface area contributed by atoms with Crippen LogP contribution in [0.3, 0.4) is 0 Å². The van der Waals surface area contributed by atoms with Gasteiger partial charge in [0.2, 0.25) is 0 Å². The number of rotatable bonds is 7. The van der Waals surface area contributed by atoms with E-state index in [2.05, 4.69) is 49.4 Å². The molecule has 0 spiro atoms. The van der Waals surface area contributed by atoms with E-state index in [4.69, 9.17) is 9.15 Å². The number of para-hydroxylation sites is 1. The van der Waals surface area contributed by atoms with Gasteiger partial charge in [-0.2, -0.15) is 0 Å². The molecule has 3 heterocycles. The first-order valence-electron chi connectivity index (χ1n) is 11.9. The molecule has 5 rings (SSSR count). The first-order chi connectivity index (χ1) is 17.6. The standard InChI is InChI=1S/C27H27N5O4/c1-2-35-22-10-6-9-20-15-21(27(34)36-25(20)22)26(33)30-23-16-24(29-18-28-23)32-13-11-31(12-14-32)17-19-7-4-3-5-8-19/h3-10,15-16,18H,2,11-14,17H2,1H3,(H,28,29,30,33). The molecule has 0 radical (unpaired) electrons. The molecule has 4 aromatic rings. The molecule has 9 heteroatoms. The fraction of sp³-hybridized carbons (Fsp3) is 0.259. The van der Waals surface area contributed by atoms with Crippen LogP contribution in [0.4, 0.5) is 11.6 Å². The van der Waals surface area contributed by atoms with E-state index in [9.17, 15) is 9.59 Å². The van der Waals surface area contributed by atoms with Gasteiger partial charge >= 0.3 is 5.63 Å². The Labute approximate surface area is 208 Å². The van der Waals surface area contributed by atoms with Gasteiger partial charge in [-0.1, -0.05) is 42.5 Å². The lowest BCUT2D eigenvalue weighted by molar-refractivity contribution is 0.102. The van der Waals surface area contributed by atoms with Crippen molar-refractivity contribution in [3.63, 3.8) is 0 Å². The number of hydrogen-bond acceptors (Lipinski definition) is 8. The van der Waals surface area contributed by atoms with Crippen molar-refractivity contribution >= 4 is 28.5 Å². The van der Waals surface area contributed by atoms with E-state index in [1.165, 1.54) is 18.0 Å². The van der Waals surface area contributed by atoms with Crippen molar-refractivity contribution in [2.24, 2.45) is 0 Å².